The molecule has 0 fully saturated rings. The van der Waals surface area contributed by atoms with E-state index in [9.17, 15) is 10.1 Å². The average molecular weight is 179 g/mol. The maximum Gasteiger partial charge on any atom is 0.273 e. The molecule has 1 aliphatic rings. The fourth-order valence-electron chi connectivity index (χ4n) is 1.15. The molecule has 1 aliphatic heterocycles. The first-order chi connectivity index (χ1) is 6.27. The van der Waals surface area contributed by atoms with E-state index in [-0.39, 0.29) is 5.69 Å². The van der Waals surface area contributed by atoms with E-state index in [2.05, 4.69) is 5.32 Å². The third-order valence-electron chi connectivity index (χ3n) is 1.76. The highest BCUT2D eigenvalue weighted by molar-refractivity contribution is 5.62. The van der Waals surface area contributed by atoms with Crippen molar-refractivity contribution in [2.24, 2.45) is 0 Å². The van der Waals surface area contributed by atoms with E-state index >= 15 is 0 Å². The number of fused-ring (bicyclic) bond motifs is 1. The van der Waals surface area contributed by atoms with E-state index in [4.69, 9.17) is 4.74 Å². The fraction of sp³-hybridized carbons (Fsp3) is 0.125. The van der Waals surface area contributed by atoms with Gasteiger partial charge in [0.25, 0.3) is 5.69 Å². The molecule has 67 valence electrons. The predicted molar refractivity (Wildman–Crippen MR) is 46.5 cm³/mol. The van der Waals surface area contributed by atoms with Gasteiger partial charge in [-0.2, -0.15) is 0 Å². The number of ether oxygens (including phenoxy) is 1. The molecule has 1 N–H and O–H groups in total. The molecule has 0 aliphatic carbocycles. The largest absolute Gasteiger partial charge is 0.489 e. The normalized spacial score (nSPS) is 13.8. The second-order valence-electron chi connectivity index (χ2n) is 2.60. The van der Waals surface area contributed by atoms with Crippen molar-refractivity contribution in [3.05, 3.63) is 34.9 Å². The summed E-state index contributed by atoms with van der Waals surface area (Å²) in [6.45, 7) is 2.17. The molecule has 1 radical (unpaired) electrons. The molecule has 0 saturated heterocycles. The number of rotatable bonds is 1. The van der Waals surface area contributed by atoms with Crippen molar-refractivity contribution in [1.82, 2.24) is 0 Å². The van der Waals surface area contributed by atoms with Crippen molar-refractivity contribution in [3.8, 4) is 5.75 Å². The Hall–Kier alpha value is -1.78. The van der Waals surface area contributed by atoms with Crippen LogP contribution in [0.5, 0.6) is 5.75 Å². The quantitative estimate of drug-likeness (QED) is 0.524. The van der Waals surface area contributed by atoms with Crippen LogP contribution in [0, 0.1) is 16.7 Å². The van der Waals surface area contributed by atoms with Crippen LogP contribution in [0.25, 0.3) is 0 Å². The van der Waals surface area contributed by atoms with Gasteiger partial charge in [-0.05, 0) is 6.07 Å². The van der Waals surface area contributed by atoms with Gasteiger partial charge < -0.3 is 10.1 Å². The summed E-state index contributed by atoms with van der Waals surface area (Å²) >= 11 is 0. The maximum absolute atomic E-state index is 10.4. The lowest BCUT2D eigenvalue weighted by molar-refractivity contribution is -0.384. The van der Waals surface area contributed by atoms with Crippen molar-refractivity contribution >= 4 is 11.4 Å². The Morgan fingerprint density at radius 1 is 1.54 bits per heavy atom. The number of nitro groups is 1. The first-order valence-electron chi connectivity index (χ1n) is 3.77. The van der Waals surface area contributed by atoms with Crippen LogP contribution in [-0.2, 0) is 0 Å². The summed E-state index contributed by atoms with van der Waals surface area (Å²) in [7, 11) is 0. The van der Waals surface area contributed by atoms with Crippen molar-refractivity contribution in [1.29, 1.82) is 0 Å². The number of non-ortho nitro benzene ring substituents is 1. The summed E-state index contributed by atoms with van der Waals surface area (Å²) in [5, 5.41) is 13.4. The Kier molecular flexibility index (Phi) is 1.77. The highest BCUT2D eigenvalue weighted by Crippen LogP contribution is 2.31. The fourth-order valence-corrected chi connectivity index (χ4v) is 1.15. The third-order valence-corrected chi connectivity index (χ3v) is 1.76. The third kappa shape index (κ3) is 1.40. The Balaban J connectivity index is 2.40. The van der Waals surface area contributed by atoms with E-state index in [0.29, 0.717) is 12.4 Å². The van der Waals surface area contributed by atoms with Crippen LogP contribution in [-0.4, -0.2) is 11.5 Å². The molecule has 5 nitrogen and oxygen atoms in total. The van der Waals surface area contributed by atoms with Gasteiger partial charge in [-0.15, -0.1) is 0 Å². The van der Waals surface area contributed by atoms with Crippen LogP contribution in [0.2, 0.25) is 0 Å². The molecule has 1 aromatic carbocycles. The second-order valence-corrected chi connectivity index (χ2v) is 2.60. The summed E-state index contributed by atoms with van der Waals surface area (Å²) in [6, 6.07) is 4.48. The van der Waals surface area contributed by atoms with E-state index in [1.807, 2.05) is 0 Å². The van der Waals surface area contributed by atoms with Gasteiger partial charge in [0.15, 0.2) is 0 Å². The molecule has 0 atom stereocenters. The summed E-state index contributed by atoms with van der Waals surface area (Å²) in [5.41, 5.74) is 0.805. The number of benzene rings is 1. The van der Waals surface area contributed by atoms with Crippen LogP contribution in [0.15, 0.2) is 18.2 Å². The SMILES string of the molecule is O=[N+]([O-])c1ccc2c(c1)OC[CH]N2. The molecule has 0 aromatic heterocycles. The van der Waals surface area contributed by atoms with Crippen LogP contribution in [0.4, 0.5) is 11.4 Å². The number of anilines is 1. The van der Waals surface area contributed by atoms with Crippen molar-refractivity contribution in [3.63, 3.8) is 0 Å². The smallest absolute Gasteiger partial charge is 0.273 e. The lowest BCUT2D eigenvalue weighted by atomic mass is 10.2. The molecule has 1 aromatic rings. The lowest BCUT2D eigenvalue weighted by Crippen LogP contribution is -2.12. The highest BCUT2D eigenvalue weighted by atomic mass is 16.6. The van der Waals surface area contributed by atoms with Crippen molar-refractivity contribution in [2.75, 3.05) is 11.9 Å². The van der Waals surface area contributed by atoms with Crippen LogP contribution in [0.3, 0.4) is 0 Å². The molecular formula is C8H7N2O3. The van der Waals surface area contributed by atoms with Crippen LogP contribution in [0.1, 0.15) is 0 Å². The van der Waals surface area contributed by atoms with E-state index in [0.717, 1.165) is 5.69 Å². The Bertz CT molecular complexity index is 351. The molecule has 13 heavy (non-hydrogen) atoms. The Morgan fingerprint density at radius 3 is 3.15 bits per heavy atom. The van der Waals surface area contributed by atoms with Gasteiger partial charge in [-0.1, -0.05) is 0 Å². The minimum absolute atomic E-state index is 0.0439. The number of nitro benzene ring substituents is 1. The molecule has 0 amide bonds. The van der Waals surface area contributed by atoms with Crippen LogP contribution >= 0.6 is 0 Å². The summed E-state index contributed by atoms with van der Waals surface area (Å²) in [4.78, 5) is 9.97. The van der Waals surface area contributed by atoms with Gasteiger partial charge in [-0.25, -0.2) is 0 Å². The van der Waals surface area contributed by atoms with Gasteiger partial charge in [0.05, 0.1) is 23.2 Å². The molecular weight excluding hydrogens is 172 g/mol. The first kappa shape index (κ1) is 7.85. The lowest BCUT2D eigenvalue weighted by Gasteiger charge is -2.17. The molecule has 0 spiro atoms. The van der Waals surface area contributed by atoms with Gasteiger partial charge in [0.1, 0.15) is 12.4 Å². The monoisotopic (exact) mass is 179 g/mol. The zero-order chi connectivity index (χ0) is 9.26. The zero-order valence-corrected chi connectivity index (χ0v) is 6.69. The van der Waals surface area contributed by atoms with Gasteiger partial charge in [0.2, 0.25) is 0 Å². The summed E-state index contributed by atoms with van der Waals surface area (Å²) < 4.78 is 5.19. The van der Waals surface area contributed by atoms with E-state index in [1.165, 1.54) is 12.1 Å². The minimum atomic E-state index is -0.442. The predicted octanol–water partition coefficient (Wildman–Crippen LogP) is 1.56. The van der Waals surface area contributed by atoms with E-state index in [1.54, 1.807) is 12.6 Å². The van der Waals surface area contributed by atoms with Gasteiger partial charge in [0, 0.05) is 6.07 Å². The molecule has 2 rings (SSSR count). The Labute approximate surface area is 74.5 Å². The molecule has 5 heteroatoms. The summed E-state index contributed by atoms with van der Waals surface area (Å²) in [6.07, 6.45) is 0. The number of nitrogens with zero attached hydrogens (tertiary/aromatic N) is 1. The van der Waals surface area contributed by atoms with Crippen LogP contribution < -0.4 is 10.1 Å². The standard InChI is InChI=1S/C8H7N2O3/c11-10(12)6-1-2-7-8(5-6)13-4-3-9-7/h1-3,5,9H,4H2. The van der Waals surface area contributed by atoms with E-state index < -0.39 is 4.92 Å². The first-order valence-corrected chi connectivity index (χ1v) is 3.77. The molecule has 0 saturated carbocycles. The van der Waals surface area contributed by atoms with Gasteiger partial charge >= 0.3 is 0 Å². The number of hydrogen-bond donors (Lipinski definition) is 1. The second kappa shape index (κ2) is 2.93. The molecule has 0 unspecified atom stereocenters. The topological polar surface area (TPSA) is 64.4 Å². The number of nitrogens with one attached hydrogen (secondary N) is 1. The molecule has 1 heterocycles. The highest BCUT2D eigenvalue weighted by Gasteiger charge is 2.14. The average Bonchev–Trinajstić information content (AvgIpc) is 2.17. The van der Waals surface area contributed by atoms with Crippen molar-refractivity contribution < 1.29 is 9.66 Å². The number of hydrogen-bond acceptors (Lipinski definition) is 4. The summed E-state index contributed by atoms with van der Waals surface area (Å²) in [5.74, 6) is 0.525. The zero-order valence-electron chi connectivity index (χ0n) is 6.69. The molecule has 0 bridgehead atoms. The van der Waals surface area contributed by atoms with Gasteiger partial charge in [-0.3, -0.25) is 10.1 Å². The Morgan fingerprint density at radius 2 is 2.38 bits per heavy atom. The van der Waals surface area contributed by atoms with Crippen molar-refractivity contribution in [2.45, 2.75) is 0 Å². The maximum atomic E-state index is 10.4. The minimum Gasteiger partial charge on any atom is -0.489 e.